The lowest BCUT2D eigenvalue weighted by atomic mass is 9.73. The monoisotopic (exact) mass is 244 g/mol. The Morgan fingerprint density at radius 2 is 2.17 bits per heavy atom. The van der Waals surface area contributed by atoms with Gasteiger partial charge in [-0.05, 0) is 42.7 Å². The lowest BCUT2D eigenvalue weighted by Gasteiger charge is -2.40. The van der Waals surface area contributed by atoms with Gasteiger partial charge in [0.1, 0.15) is 0 Å². The Balaban J connectivity index is 1.74. The molecule has 0 bridgehead atoms. The molecule has 2 atom stereocenters. The van der Waals surface area contributed by atoms with Crippen LogP contribution in [0.3, 0.4) is 0 Å². The van der Waals surface area contributed by atoms with Gasteiger partial charge in [0.05, 0.1) is 11.7 Å². The van der Waals surface area contributed by atoms with Gasteiger partial charge in [-0.3, -0.25) is 4.98 Å². The molecule has 1 saturated carbocycles. The number of nitrogens with one attached hydrogen (secondary N) is 1. The van der Waals surface area contributed by atoms with Crippen molar-refractivity contribution in [2.75, 3.05) is 0 Å². The Labute approximate surface area is 110 Å². The van der Waals surface area contributed by atoms with E-state index < -0.39 is 0 Å². The summed E-state index contributed by atoms with van der Waals surface area (Å²) >= 11 is 0. The summed E-state index contributed by atoms with van der Waals surface area (Å²) in [6, 6.07) is 5.44. The third-order valence-corrected chi connectivity index (χ3v) is 4.87. The molecule has 0 saturated heterocycles. The highest BCUT2D eigenvalue weighted by molar-refractivity contribution is 5.28. The second-order valence-corrected chi connectivity index (χ2v) is 6.59. The zero-order valence-electron chi connectivity index (χ0n) is 11.6. The van der Waals surface area contributed by atoms with Gasteiger partial charge in [-0.15, -0.1) is 0 Å². The van der Waals surface area contributed by atoms with Gasteiger partial charge in [0, 0.05) is 12.2 Å². The average Bonchev–Trinajstić information content (AvgIpc) is 2.75. The number of nitrogens with zero attached hydrogens (tertiary/aromatic N) is 1. The molecule has 1 N–H and O–H groups in total. The zero-order valence-corrected chi connectivity index (χ0v) is 11.6. The summed E-state index contributed by atoms with van der Waals surface area (Å²) in [6.07, 6.45) is 9.80. The Bertz CT molecular complexity index is 425. The minimum Gasteiger partial charge on any atom is -0.305 e. The first kappa shape index (κ1) is 12.2. The van der Waals surface area contributed by atoms with Crippen molar-refractivity contribution in [1.82, 2.24) is 10.3 Å². The zero-order chi connectivity index (χ0) is 12.6. The van der Waals surface area contributed by atoms with Crippen molar-refractivity contribution in [2.45, 2.75) is 64.5 Å². The van der Waals surface area contributed by atoms with E-state index in [1.807, 2.05) is 6.20 Å². The van der Waals surface area contributed by atoms with Crippen LogP contribution in [-0.4, -0.2) is 11.0 Å². The molecule has 18 heavy (non-hydrogen) atoms. The van der Waals surface area contributed by atoms with Crippen LogP contribution in [0.4, 0.5) is 0 Å². The molecule has 0 aromatic carbocycles. The number of aromatic nitrogens is 1. The minimum atomic E-state index is 0.440. The van der Waals surface area contributed by atoms with E-state index in [-0.39, 0.29) is 0 Å². The van der Waals surface area contributed by atoms with Gasteiger partial charge < -0.3 is 5.32 Å². The Morgan fingerprint density at radius 3 is 3.00 bits per heavy atom. The van der Waals surface area contributed by atoms with E-state index in [0.29, 0.717) is 17.5 Å². The van der Waals surface area contributed by atoms with E-state index in [1.165, 1.54) is 49.8 Å². The molecule has 2 aliphatic carbocycles. The molecule has 2 heteroatoms. The van der Waals surface area contributed by atoms with E-state index in [0.717, 1.165) is 0 Å². The highest BCUT2D eigenvalue weighted by Crippen LogP contribution is 2.38. The van der Waals surface area contributed by atoms with Crippen molar-refractivity contribution in [1.29, 1.82) is 0 Å². The van der Waals surface area contributed by atoms with Crippen molar-refractivity contribution in [3.05, 3.63) is 29.6 Å². The fourth-order valence-electron chi connectivity index (χ4n) is 3.62. The Morgan fingerprint density at radius 1 is 1.28 bits per heavy atom. The first-order chi connectivity index (χ1) is 8.67. The number of rotatable bonds is 2. The predicted molar refractivity (Wildman–Crippen MR) is 74.5 cm³/mol. The third kappa shape index (κ3) is 2.18. The predicted octanol–water partition coefficient (Wildman–Crippen LogP) is 3.63. The van der Waals surface area contributed by atoms with E-state index >= 15 is 0 Å². The van der Waals surface area contributed by atoms with Crippen LogP contribution in [0.5, 0.6) is 0 Å². The molecular weight excluding hydrogens is 220 g/mol. The van der Waals surface area contributed by atoms with Crippen LogP contribution in [0, 0.1) is 5.41 Å². The average molecular weight is 244 g/mol. The van der Waals surface area contributed by atoms with Crippen molar-refractivity contribution in [2.24, 2.45) is 5.41 Å². The molecule has 0 amide bonds. The highest BCUT2D eigenvalue weighted by atomic mass is 15.0. The van der Waals surface area contributed by atoms with Crippen LogP contribution in [0.1, 0.15) is 63.3 Å². The molecule has 0 aliphatic heterocycles. The van der Waals surface area contributed by atoms with Gasteiger partial charge in [0.2, 0.25) is 0 Å². The lowest BCUT2D eigenvalue weighted by Crippen LogP contribution is -2.45. The summed E-state index contributed by atoms with van der Waals surface area (Å²) in [5.41, 5.74) is 3.19. The van der Waals surface area contributed by atoms with Gasteiger partial charge in [0.15, 0.2) is 0 Å². The Hall–Kier alpha value is -0.890. The van der Waals surface area contributed by atoms with Crippen LogP contribution in [0.25, 0.3) is 0 Å². The first-order valence-electron chi connectivity index (χ1n) is 7.37. The summed E-state index contributed by atoms with van der Waals surface area (Å²) in [5, 5.41) is 3.90. The second-order valence-electron chi connectivity index (χ2n) is 6.59. The van der Waals surface area contributed by atoms with Crippen molar-refractivity contribution < 1.29 is 0 Å². The highest BCUT2D eigenvalue weighted by Gasteiger charge is 2.35. The van der Waals surface area contributed by atoms with Gasteiger partial charge in [-0.25, -0.2) is 0 Å². The molecule has 3 rings (SSSR count). The number of hydrogen-bond acceptors (Lipinski definition) is 2. The molecule has 2 unspecified atom stereocenters. The number of hydrogen-bond donors (Lipinski definition) is 1. The lowest BCUT2D eigenvalue weighted by molar-refractivity contribution is 0.154. The largest absolute Gasteiger partial charge is 0.305 e. The van der Waals surface area contributed by atoms with Crippen molar-refractivity contribution >= 4 is 0 Å². The van der Waals surface area contributed by atoms with Crippen LogP contribution in [0.2, 0.25) is 0 Å². The normalized spacial score (nSPS) is 30.1. The van der Waals surface area contributed by atoms with Crippen molar-refractivity contribution in [3.63, 3.8) is 0 Å². The molecule has 1 aromatic heterocycles. The summed E-state index contributed by atoms with van der Waals surface area (Å²) < 4.78 is 0. The maximum atomic E-state index is 4.59. The first-order valence-corrected chi connectivity index (χ1v) is 7.37. The second kappa shape index (κ2) is 4.65. The fourth-order valence-corrected chi connectivity index (χ4v) is 3.62. The van der Waals surface area contributed by atoms with E-state index in [1.54, 1.807) is 0 Å². The molecule has 2 aliphatic rings. The minimum absolute atomic E-state index is 0.440. The van der Waals surface area contributed by atoms with Gasteiger partial charge >= 0.3 is 0 Å². The molecule has 1 heterocycles. The Kier molecular flexibility index (Phi) is 3.14. The topological polar surface area (TPSA) is 24.9 Å². The molecule has 1 aromatic rings. The SMILES string of the molecule is CC1(C)CCCCC1NC1CCc2cccnc21. The molecule has 98 valence electrons. The standard InChI is InChI=1S/C16H24N2/c1-16(2)10-4-3-7-14(16)18-13-9-8-12-6-5-11-17-15(12)13/h5-6,11,13-14,18H,3-4,7-10H2,1-2H3. The van der Waals surface area contributed by atoms with Gasteiger partial charge in [-0.2, -0.15) is 0 Å². The van der Waals surface area contributed by atoms with Crippen LogP contribution in [0.15, 0.2) is 18.3 Å². The number of pyridine rings is 1. The molecule has 1 fully saturated rings. The summed E-state index contributed by atoms with van der Waals surface area (Å²) in [5.74, 6) is 0. The van der Waals surface area contributed by atoms with Crippen molar-refractivity contribution in [3.8, 4) is 0 Å². The molecule has 0 spiro atoms. The smallest absolute Gasteiger partial charge is 0.0605 e. The molecular formula is C16H24N2. The molecule has 2 nitrogen and oxygen atoms in total. The summed E-state index contributed by atoms with van der Waals surface area (Å²) in [4.78, 5) is 4.59. The quantitative estimate of drug-likeness (QED) is 0.859. The number of aryl methyl sites for hydroxylation is 1. The molecule has 0 radical (unpaired) electrons. The fraction of sp³-hybridized carbons (Fsp3) is 0.688. The van der Waals surface area contributed by atoms with Gasteiger partial charge in [0.25, 0.3) is 0 Å². The maximum Gasteiger partial charge on any atom is 0.0605 e. The third-order valence-electron chi connectivity index (χ3n) is 4.87. The van der Waals surface area contributed by atoms with E-state index in [9.17, 15) is 0 Å². The van der Waals surface area contributed by atoms with E-state index in [4.69, 9.17) is 0 Å². The summed E-state index contributed by atoms with van der Waals surface area (Å²) in [7, 11) is 0. The van der Waals surface area contributed by atoms with Crippen LogP contribution in [-0.2, 0) is 6.42 Å². The van der Waals surface area contributed by atoms with Gasteiger partial charge in [-0.1, -0.05) is 32.8 Å². The summed E-state index contributed by atoms with van der Waals surface area (Å²) in [6.45, 7) is 4.83. The number of fused-ring (bicyclic) bond motifs is 1. The van der Waals surface area contributed by atoms with Crippen LogP contribution >= 0.6 is 0 Å². The maximum absolute atomic E-state index is 4.59. The van der Waals surface area contributed by atoms with E-state index in [2.05, 4.69) is 36.3 Å². The van der Waals surface area contributed by atoms with Crippen LogP contribution < -0.4 is 5.32 Å².